The van der Waals surface area contributed by atoms with Crippen molar-refractivity contribution in [3.8, 4) is 11.5 Å². The van der Waals surface area contributed by atoms with Crippen LogP contribution in [-0.2, 0) is 10.0 Å². The summed E-state index contributed by atoms with van der Waals surface area (Å²) in [5.74, 6) is -0.0259. The highest BCUT2D eigenvalue weighted by Crippen LogP contribution is 2.22. The van der Waals surface area contributed by atoms with E-state index in [1.165, 1.54) is 12.1 Å². The topological polar surface area (TPSA) is 102 Å². The second kappa shape index (κ2) is 8.57. The van der Waals surface area contributed by atoms with Crippen LogP contribution in [0.4, 0.5) is 5.69 Å². The molecule has 0 unspecified atom stereocenters. The van der Waals surface area contributed by atoms with Crippen LogP contribution in [0.25, 0.3) is 0 Å². The van der Waals surface area contributed by atoms with Crippen LogP contribution in [0.15, 0.2) is 78.9 Å². The zero-order chi connectivity index (χ0) is 20.9. The molecular formula is C21H18N2O5S. The highest BCUT2D eigenvalue weighted by Gasteiger charge is 2.17. The van der Waals surface area contributed by atoms with Crippen LogP contribution < -0.4 is 14.8 Å². The van der Waals surface area contributed by atoms with Gasteiger partial charge in [-0.2, -0.15) is 0 Å². The monoisotopic (exact) mass is 410 g/mol. The van der Waals surface area contributed by atoms with Crippen molar-refractivity contribution in [3.05, 3.63) is 90.0 Å². The molecule has 2 N–H and O–H groups in total. The molecule has 7 nitrogen and oxygen atoms in total. The van der Waals surface area contributed by atoms with E-state index >= 15 is 0 Å². The van der Waals surface area contributed by atoms with E-state index in [4.69, 9.17) is 4.74 Å². The lowest BCUT2D eigenvalue weighted by Crippen LogP contribution is -2.30. The first-order valence-corrected chi connectivity index (χ1v) is 10.5. The van der Waals surface area contributed by atoms with E-state index in [0.29, 0.717) is 17.1 Å². The second-order valence-corrected chi connectivity index (χ2v) is 7.89. The van der Waals surface area contributed by atoms with Crippen molar-refractivity contribution in [2.24, 2.45) is 0 Å². The maximum Gasteiger partial charge on any atom is 0.266 e. The zero-order valence-corrected chi connectivity index (χ0v) is 16.3. The lowest BCUT2D eigenvalue weighted by atomic mass is 10.1. The van der Waals surface area contributed by atoms with E-state index in [2.05, 4.69) is 5.32 Å². The molecule has 3 aromatic carbocycles. The first-order chi connectivity index (χ1) is 13.8. The Kier molecular flexibility index (Phi) is 5.94. The molecule has 8 heteroatoms. The number of ether oxygens (including phenoxy) is 1. The van der Waals surface area contributed by atoms with Crippen LogP contribution in [0.1, 0.15) is 20.7 Å². The molecule has 0 spiro atoms. The van der Waals surface area contributed by atoms with E-state index in [1.807, 2.05) is 35.1 Å². The molecule has 3 rings (SSSR count). The van der Waals surface area contributed by atoms with Crippen LogP contribution in [0.3, 0.4) is 0 Å². The van der Waals surface area contributed by atoms with Crippen molar-refractivity contribution < 1.29 is 22.7 Å². The maximum atomic E-state index is 12.5. The minimum Gasteiger partial charge on any atom is -0.457 e. The van der Waals surface area contributed by atoms with Gasteiger partial charge in [-0.1, -0.05) is 30.3 Å². The molecule has 29 heavy (non-hydrogen) atoms. The Morgan fingerprint density at radius 3 is 2.00 bits per heavy atom. The molecule has 0 aromatic heterocycles. The van der Waals surface area contributed by atoms with Crippen molar-refractivity contribution in [2.75, 3.05) is 11.6 Å². The number of sulfonamides is 1. The van der Waals surface area contributed by atoms with Crippen LogP contribution in [0.5, 0.6) is 11.5 Å². The Morgan fingerprint density at radius 2 is 1.34 bits per heavy atom. The number of amides is 2. The molecule has 0 bridgehead atoms. The van der Waals surface area contributed by atoms with Crippen LogP contribution in [0.2, 0.25) is 0 Å². The van der Waals surface area contributed by atoms with E-state index in [-0.39, 0.29) is 11.3 Å². The summed E-state index contributed by atoms with van der Waals surface area (Å²) in [6.07, 6.45) is 0.880. The quantitative estimate of drug-likeness (QED) is 0.648. The molecule has 0 heterocycles. The third-order valence-corrected chi connectivity index (χ3v) is 4.35. The lowest BCUT2D eigenvalue weighted by molar-refractivity contribution is 0.0982. The van der Waals surface area contributed by atoms with E-state index in [9.17, 15) is 18.0 Å². The molecule has 3 aromatic rings. The first-order valence-electron chi connectivity index (χ1n) is 8.57. The number of para-hydroxylation sites is 2. The minimum absolute atomic E-state index is 0.0373. The molecule has 148 valence electrons. The Labute approximate surface area is 168 Å². The molecule has 0 aliphatic heterocycles. The summed E-state index contributed by atoms with van der Waals surface area (Å²) in [6, 6.07) is 21.9. The first kappa shape index (κ1) is 20.1. The van der Waals surface area contributed by atoms with Crippen molar-refractivity contribution in [1.29, 1.82) is 0 Å². The van der Waals surface area contributed by atoms with Gasteiger partial charge in [0.2, 0.25) is 10.0 Å². The molecule has 0 saturated carbocycles. The number of nitrogens with one attached hydrogen (secondary N) is 2. The van der Waals surface area contributed by atoms with Gasteiger partial charge in [-0.3, -0.25) is 9.59 Å². The van der Waals surface area contributed by atoms with Gasteiger partial charge >= 0.3 is 0 Å². The van der Waals surface area contributed by atoms with Gasteiger partial charge < -0.3 is 10.1 Å². The summed E-state index contributed by atoms with van der Waals surface area (Å²) < 4.78 is 30.2. The SMILES string of the molecule is CS(=O)(=O)NC(=O)c1ccccc1NC(=O)c1ccc(Oc2ccccc2)cc1. The third-order valence-electron chi connectivity index (χ3n) is 3.79. The van der Waals surface area contributed by atoms with Crippen molar-refractivity contribution >= 4 is 27.5 Å². The van der Waals surface area contributed by atoms with Gasteiger partial charge in [-0.05, 0) is 48.5 Å². The van der Waals surface area contributed by atoms with Crippen LogP contribution in [0, 0.1) is 0 Å². The largest absolute Gasteiger partial charge is 0.457 e. The number of benzene rings is 3. The summed E-state index contributed by atoms with van der Waals surface area (Å²) >= 11 is 0. The van der Waals surface area contributed by atoms with E-state index in [1.54, 1.807) is 36.4 Å². The Morgan fingerprint density at radius 1 is 0.759 bits per heavy atom. The van der Waals surface area contributed by atoms with E-state index < -0.39 is 21.8 Å². The minimum atomic E-state index is -3.73. The van der Waals surface area contributed by atoms with Gasteiger partial charge in [-0.25, -0.2) is 13.1 Å². The summed E-state index contributed by atoms with van der Waals surface area (Å²) in [4.78, 5) is 24.7. The summed E-state index contributed by atoms with van der Waals surface area (Å²) in [6.45, 7) is 0. The number of hydrogen-bond donors (Lipinski definition) is 2. The molecule has 0 atom stereocenters. The van der Waals surface area contributed by atoms with Gasteiger partial charge in [0.15, 0.2) is 0 Å². The fourth-order valence-electron chi connectivity index (χ4n) is 2.51. The van der Waals surface area contributed by atoms with Gasteiger partial charge in [-0.15, -0.1) is 0 Å². The fraction of sp³-hybridized carbons (Fsp3) is 0.0476. The highest BCUT2D eigenvalue weighted by molar-refractivity contribution is 7.89. The predicted molar refractivity (Wildman–Crippen MR) is 110 cm³/mol. The summed E-state index contributed by atoms with van der Waals surface area (Å²) in [5.41, 5.74) is 0.585. The van der Waals surface area contributed by atoms with Gasteiger partial charge in [0.25, 0.3) is 11.8 Å². The Hall–Kier alpha value is -3.65. The van der Waals surface area contributed by atoms with Gasteiger partial charge in [0, 0.05) is 5.56 Å². The second-order valence-electron chi connectivity index (χ2n) is 6.14. The number of carbonyl (C=O) groups is 2. The molecular weight excluding hydrogens is 392 g/mol. The fourth-order valence-corrected chi connectivity index (χ4v) is 2.95. The maximum absolute atomic E-state index is 12.5. The van der Waals surface area contributed by atoms with Crippen molar-refractivity contribution in [2.45, 2.75) is 0 Å². The lowest BCUT2D eigenvalue weighted by Gasteiger charge is -2.11. The molecule has 0 aliphatic rings. The normalized spacial score (nSPS) is 10.8. The highest BCUT2D eigenvalue weighted by atomic mass is 32.2. The standard InChI is InChI=1S/C21H18N2O5S/c1-29(26,27)23-21(25)18-9-5-6-10-19(18)22-20(24)15-11-13-17(14-12-15)28-16-7-3-2-4-8-16/h2-14H,1H3,(H,22,24)(H,23,25). The molecule has 0 fully saturated rings. The molecule has 0 saturated heterocycles. The van der Waals surface area contributed by atoms with E-state index in [0.717, 1.165) is 6.26 Å². The molecule has 2 amide bonds. The Bertz CT molecular complexity index is 1130. The smallest absolute Gasteiger partial charge is 0.266 e. The number of rotatable bonds is 6. The van der Waals surface area contributed by atoms with Gasteiger partial charge in [0.1, 0.15) is 11.5 Å². The Balaban J connectivity index is 1.73. The van der Waals surface area contributed by atoms with Crippen molar-refractivity contribution in [3.63, 3.8) is 0 Å². The van der Waals surface area contributed by atoms with Crippen molar-refractivity contribution in [1.82, 2.24) is 4.72 Å². The third kappa shape index (κ3) is 5.66. The summed E-state index contributed by atoms with van der Waals surface area (Å²) in [5, 5.41) is 2.63. The number of anilines is 1. The average molecular weight is 410 g/mol. The number of carbonyl (C=O) groups excluding carboxylic acids is 2. The van der Waals surface area contributed by atoms with Crippen LogP contribution >= 0.6 is 0 Å². The predicted octanol–water partition coefficient (Wildman–Crippen LogP) is 3.42. The van der Waals surface area contributed by atoms with Gasteiger partial charge in [0.05, 0.1) is 17.5 Å². The molecule has 0 radical (unpaired) electrons. The van der Waals surface area contributed by atoms with Crippen LogP contribution in [-0.4, -0.2) is 26.5 Å². The number of hydrogen-bond acceptors (Lipinski definition) is 5. The average Bonchev–Trinajstić information content (AvgIpc) is 2.68. The zero-order valence-electron chi connectivity index (χ0n) is 15.5. The molecule has 0 aliphatic carbocycles. The summed E-state index contributed by atoms with van der Waals surface area (Å²) in [7, 11) is -3.73.